The SMILES string of the molecule is Cc1cccc(NC(C)c2cccc(F)c2F)c1C#N. The molecule has 102 valence electrons. The lowest BCUT2D eigenvalue weighted by molar-refractivity contribution is 0.494. The zero-order valence-electron chi connectivity index (χ0n) is 11.2. The molecule has 0 saturated carbocycles. The van der Waals surface area contributed by atoms with Gasteiger partial charge in [0.2, 0.25) is 0 Å². The van der Waals surface area contributed by atoms with Crippen molar-refractivity contribution in [3.05, 3.63) is 64.7 Å². The smallest absolute Gasteiger partial charge is 0.164 e. The molecule has 0 aliphatic heterocycles. The summed E-state index contributed by atoms with van der Waals surface area (Å²) in [4.78, 5) is 0. The molecule has 2 aromatic carbocycles. The molecule has 0 heterocycles. The molecular formula is C16H14F2N2. The Bertz CT molecular complexity index is 675. The number of hydrogen-bond donors (Lipinski definition) is 1. The molecule has 0 fully saturated rings. The fourth-order valence-electron chi connectivity index (χ4n) is 2.10. The third kappa shape index (κ3) is 2.62. The van der Waals surface area contributed by atoms with Crippen molar-refractivity contribution in [3.8, 4) is 6.07 Å². The number of halogens is 2. The van der Waals surface area contributed by atoms with Gasteiger partial charge in [-0.1, -0.05) is 24.3 Å². The molecule has 1 atom stereocenters. The molecule has 0 aliphatic carbocycles. The van der Waals surface area contributed by atoms with Crippen LogP contribution in [-0.2, 0) is 0 Å². The minimum Gasteiger partial charge on any atom is -0.377 e. The van der Waals surface area contributed by atoms with Crippen molar-refractivity contribution in [2.45, 2.75) is 19.9 Å². The van der Waals surface area contributed by atoms with Gasteiger partial charge in [0, 0.05) is 5.56 Å². The summed E-state index contributed by atoms with van der Waals surface area (Å²) in [6.07, 6.45) is 0. The molecule has 4 heteroatoms. The van der Waals surface area contributed by atoms with E-state index in [-0.39, 0.29) is 5.56 Å². The second kappa shape index (κ2) is 5.70. The van der Waals surface area contributed by atoms with Crippen molar-refractivity contribution in [2.24, 2.45) is 0 Å². The highest BCUT2D eigenvalue weighted by Gasteiger charge is 2.15. The first-order chi connectivity index (χ1) is 9.54. The van der Waals surface area contributed by atoms with Crippen LogP contribution in [0.5, 0.6) is 0 Å². The number of anilines is 1. The molecule has 0 spiro atoms. The van der Waals surface area contributed by atoms with E-state index in [9.17, 15) is 8.78 Å². The third-order valence-corrected chi connectivity index (χ3v) is 3.20. The molecule has 0 aliphatic rings. The predicted octanol–water partition coefficient (Wildman–Crippen LogP) is 4.32. The van der Waals surface area contributed by atoms with Gasteiger partial charge >= 0.3 is 0 Å². The Kier molecular flexibility index (Phi) is 3.99. The second-order valence-electron chi connectivity index (χ2n) is 4.62. The van der Waals surface area contributed by atoms with Crippen LogP contribution in [0.4, 0.5) is 14.5 Å². The van der Waals surface area contributed by atoms with Gasteiger partial charge in [-0.2, -0.15) is 5.26 Å². The molecule has 2 aromatic rings. The first-order valence-corrected chi connectivity index (χ1v) is 6.24. The molecule has 0 bridgehead atoms. The number of hydrogen-bond acceptors (Lipinski definition) is 2. The number of nitrogens with zero attached hydrogens (tertiary/aromatic N) is 1. The first kappa shape index (κ1) is 14.0. The minimum absolute atomic E-state index is 0.232. The lowest BCUT2D eigenvalue weighted by atomic mass is 10.0. The summed E-state index contributed by atoms with van der Waals surface area (Å²) in [7, 11) is 0. The fourth-order valence-corrected chi connectivity index (χ4v) is 2.10. The van der Waals surface area contributed by atoms with Crippen molar-refractivity contribution in [3.63, 3.8) is 0 Å². The van der Waals surface area contributed by atoms with E-state index < -0.39 is 17.7 Å². The van der Waals surface area contributed by atoms with Crippen LogP contribution in [0.3, 0.4) is 0 Å². The lowest BCUT2D eigenvalue weighted by Crippen LogP contribution is -2.11. The zero-order chi connectivity index (χ0) is 14.7. The van der Waals surface area contributed by atoms with E-state index in [1.807, 2.05) is 19.1 Å². The van der Waals surface area contributed by atoms with Crippen molar-refractivity contribution in [1.82, 2.24) is 0 Å². The summed E-state index contributed by atoms with van der Waals surface area (Å²) in [6.45, 7) is 3.55. The van der Waals surface area contributed by atoms with E-state index in [1.165, 1.54) is 12.1 Å². The van der Waals surface area contributed by atoms with Gasteiger partial charge in [0.15, 0.2) is 11.6 Å². The summed E-state index contributed by atoms with van der Waals surface area (Å²) >= 11 is 0. The fraction of sp³-hybridized carbons (Fsp3) is 0.188. The maximum absolute atomic E-state index is 13.7. The van der Waals surface area contributed by atoms with Crippen molar-refractivity contribution < 1.29 is 8.78 Å². The normalized spacial score (nSPS) is 11.8. The highest BCUT2D eigenvalue weighted by molar-refractivity contribution is 5.61. The first-order valence-electron chi connectivity index (χ1n) is 6.24. The molecule has 0 saturated heterocycles. The van der Waals surface area contributed by atoms with Gasteiger partial charge in [0.05, 0.1) is 17.3 Å². The van der Waals surface area contributed by atoms with Crippen molar-refractivity contribution in [2.75, 3.05) is 5.32 Å². The van der Waals surface area contributed by atoms with E-state index in [4.69, 9.17) is 5.26 Å². The maximum Gasteiger partial charge on any atom is 0.164 e. The maximum atomic E-state index is 13.7. The van der Waals surface area contributed by atoms with Crippen molar-refractivity contribution >= 4 is 5.69 Å². The standard InChI is InChI=1S/C16H14F2N2/c1-10-5-3-8-15(13(10)9-19)20-11(2)12-6-4-7-14(17)16(12)18/h3-8,11,20H,1-2H3. The summed E-state index contributed by atoms with van der Waals surface area (Å²) in [5.41, 5.74) is 2.19. The Morgan fingerprint density at radius 2 is 1.85 bits per heavy atom. The van der Waals surface area contributed by atoms with Gasteiger partial charge in [-0.25, -0.2) is 8.78 Å². The number of nitriles is 1. The van der Waals surface area contributed by atoms with Crippen LogP contribution in [-0.4, -0.2) is 0 Å². The largest absolute Gasteiger partial charge is 0.377 e. The molecule has 2 nitrogen and oxygen atoms in total. The van der Waals surface area contributed by atoms with E-state index in [2.05, 4.69) is 11.4 Å². The van der Waals surface area contributed by atoms with Crippen LogP contribution in [0.25, 0.3) is 0 Å². The van der Waals surface area contributed by atoms with Gasteiger partial charge < -0.3 is 5.32 Å². The predicted molar refractivity (Wildman–Crippen MR) is 74.3 cm³/mol. The topological polar surface area (TPSA) is 35.8 Å². The summed E-state index contributed by atoms with van der Waals surface area (Å²) in [6, 6.07) is 11.1. The Morgan fingerprint density at radius 3 is 2.55 bits per heavy atom. The number of rotatable bonds is 3. The van der Waals surface area contributed by atoms with Crippen LogP contribution in [0.1, 0.15) is 29.7 Å². The van der Waals surface area contributed by atoms with Crippen LogP contribution in [0, 0.1) is 29.9 Å². The molecule has 1 N–H and O–H groups in total. The van der Waals surface area contributed by atoms with Gasteiger partial charge in [0.1, 0.15) is 6.07 Å². The molecular weight excluding hydrogens is 258 g/mol. The number of nitrogens with one attached hydrogen (secondary N) is 1. The van der Waals surface area contributed by atoms with Crippen LogP contribution in [0.2, 0.25) is 0 Å². The molecule has 0 aromatic heterocycles. The van der Waals surface area contributed by atoms with Gasteiger partial charge in [0.25, 0.3) is 0 Å². The van der Waals surface area contributed by atoms with E-state index in [0.717, 1.165) is 11.6 Å². The average molecular weight is 272 g/mol. The Labute approximate surface area is 116 Å². The zero-order valence-corrected chi connectivity index (χ0v) is 11.2. The van der Waals surface area contributed by atoms with E-state index >= 15 is 0 Å². The third-order valence-electron chi connectivity index (χ3n) is 3.20. The van der Waals surface area contributed by atoms with Gasteiger partial charge in [-0.15, -0.1) is 0 Å². The van der Waals surface area contributed by atoms with E-state index in [1.54, 1.807) is 13.0 Å². The van der Waals surface area contributed by atoms with Gasteiger partial charge in [-0.3, -0.25) is 0 Å². The average Bonchev–Trinajstić information content (AvgIpc) is 2.42. The second-order valence-corrected chi connectivity index (χ2v) is 4.62. The Hall–Kier alpha value is -2.41. The monoisotopic (exact) mass is 272 g/mol. The molecule has 1 unspecified atom stereocenters. The quantitative estimate of drug-likeness (QED) is 0.903. The van der Waals surface area contributed by atoms with Crippen LogP contribution in [0.15, 0.2) is 36.4 Å². The lowest BCUT2D eigenvalue weighted by Gasteiger charge is -2.18. The van der Waals surface area contributed by atoms with Crippen LogP contribution < -0.4 is 5.32 Å². The van der Waals surface area contributed by atoms with E-state index in [0.29, 0.717) is 11.3 Å². The number of benzene rings is 2. The molecule has 0 amide bonds. The van der Waals surface area contributed by atoms with Crippen molar-refractivity contribution in [1.29, 1.82) is 5.26 Å². The molecule has 20 heavy (non-hydrogen) atoms. The Morgan fingerprint density at radius 1 is 1.15 bits per heavy atom. The van der Waals surface area contributed by atoms with Crippen LogP contribution >= 0.6 is 0 Å². The molecule has 0 radical (unpaired) electrons. The highest BCUT2D eigenvalue weighted by Crippen LogP contribution is 2.26. The summed E-state index contributed by atoms with van der Waals surface area (Å²) in [5.74, 6) is -1.74. The summed E-state index contributed by atoms with van der Waals surface area (Å²) < 4.78 is 27.0. The number of aryl methyl sites for hydroxylation is 1. The van der Waals surface area contributed by atoms with Gasteiger partial charge in [-0.05, 0) is 31.5 Å². The summed E-state index contributed by atoms with van der Waals surface area (Å²) in [5, 5.41) is 12.2. The highest BCUT2D eigenvalue weighted by atomic mass is 19.2. The minimum atomic E-state index is -0.874. The molecule has 2 rings (SSSR count). The Balaban J connectivity index is 2.33.